The van der Waals surface area contributed by atoms with Gasteiger partial charge in [-0.25, -0.2) is 9.48 Å². The van der Waals surface area contributed by atoms with Crippen LogP contribution in [0.5, 0.6) is 0 Å². The molecule has 0 atom stereocenters. The highest BCUT2D eigenvalue weighted by atomic mass is 16.6. The zero-order chi connectivity index (χ0) is 20.4. The molecule has 1 aliphatic heterocycles. The predicted octanol–water partition coefficient (Wildman–Crippen LogP) is 1.48. The Kier molecular flexibility index (Phi) is 5.35. The third-order valence-electron chi connectivity index (χ3n) is 4.86. The van der Waals surface area contributed by atoms with Gasteiger partial charge in [-0.15, -0.1) is 5.10 Å². The molecule has 3 rings (SSSR count). The Labute approximate surface area is 163 Å². The van der Waals surface area contributed by atoms with Gasteiger partial charge in [-0.1, -0.05) is 30.3 Å². The summed E-state index contributed by atoms with van der Waals surface area (Å²) < 4.78 is 6.96. The molecule has 1 aromatic carbocycles. The van der Waals surface area contributed by atoms with Gasteiger partial charge >= 0.3 is 6.09 Å². The standard InChI is InChI=1S/C19H26N6O3/c1-18(2,3)28-17(27)24-11-9-19(10-12-24,14-7-5-4-6-8-14)16-21-22-23-25(16)13-15(20)26/h4-8H,9-13H2,1-3H3,(H2,20,26). The molecule has 0 saturated carbocycles. The van der Waals surface area contributed by atoms with Crippen LogP contribution in [0.2, 0.25) is 0 Å². The summed E-state index contributed by atoms with van der Waals surface area (Å²) >= 11 is 0. The molecule has 1 fully saturated rings. The highest BCUT2D eigenvalue weighted by Crippen LogP contribution is 2.40. The van der Waals surface area contributed by atoms with Gasteiger partial charge in [0.15, 0.2) is 5.82 Å². The number of carbonyl (C=O) groups is 2. The van der Waals surface area contributed by atoms with Crippen LogP contribution in [-0.2, 0) is 21.5 Å². The van der Waals surface area contributed by atoms with Gasteiger partial charge in [0.1, 0.15) is 12.1 Å². The molecule has 2 heterocycles. The smallest absolute Gasteiger partial charge is 0.410 e. The number of carbonyl (C=O) groups excluding carboxylic acids is 2. The number of nitrogens with two attached hydrogens (primary N) is 1. The van der Waals surface area contributed by atoms with Crippen molar-refractivity contribution in [3.05, 3.63) is 41.7 Å². The van der Waals surface area contributed by atoms with Crippen LogP contribution in [0, 0.1) is 0 Å². The molecule has 1 saturated heterocycles. The normalized spacial score (nSPS) is 16.6. The second-order valence-corrected chi connectivity index (χ2v) is 8.04. The third-order valence-corrected chi connectivity index (χ3v) is 4.86. The monoisotopic (exact) mass is 386 g/mol. The first kappa shape index (κ1) is 19.8. The largest absolute Gasteiger partial charge is 0.444 e. The van der Waals surface area contributed by atoms with Crippen LogP contribution in [0.3, 0.4) is 0 Å². The van der Waals surface area contributed by atoms with Crippen molar-refractivity contribution in [2.45, 2.75) is 51.2 Å². The molecule has 1 aromatic heterocycles. The summed E-state index contributed by atoms with van der Waals surface area (Å²) in [4.78, 5) is 25.6. The van der Waals surface area contributed by atoms with Gasteiger partial charge in [0.25, 0.3) is 0 Å². The molecule has 0 spiro atoms. The topological polar surface area (TPSA) is 116 Å². The molecule has 9 heteroatoms. The third kappa shape index (κ3) is 4.13. The number of aromatic nitrogens is 4. The van der Waals surface area contributed by atoms with Crippen molar-refractivity contribution in [3.8, 4) is 0 Å². The molecule has 0 radical (unpaired) electrons. The maximum Gasteiger partial charge on any atom is 0.410 e. The van der Waals surface area contributed by atoms with E-state index in [1.165, 1.54) is 4.68 Å². The van der Waals surface area contributed by atoms with Crippen LogP contribution in [0.25, 0.3) is 0 Å². The fourth-order valence-corrected chi connectivity index (χ4v) is 3.60. The highest BCUT2D eigenvalue weighted by molar-refractivity contribution is 5.73. The molecule has 0 unspecified atom stereocenters. The maximum absolute atomic E-state index is 12.5. The lowest BCUT2D eigenvalue weighted by Gasteiger charge is -2.41. The van der Waals surface area contributed by atoms with Gasteiger partial charge in [0, 0.05) is 13.1 Å². The first-order valence-electron chi connectivity index (χ1n) is 9.30. The molecule has 0 aliphatic carbocycles. The van der Waals surface area contributed by atoms with E-state index in [-0.39, 0.29) is 12.6 Å². The summed E-state index contributed by atoms with van der Waals surface area (Å²) in [7, 11) is 0. The lowest BCUT2D eigenvalue weighted by Crippen LogP contribution is -2.48. The van der Waals surface area contributed by atoms with Gasteiger partial charge in [0.05, 0.1) is 5.41 Å². The van der Waals surface area contributed by atoms with Crippen molar-refractivity contribution in [1.82, 2.24) is 25.1 Å². The first-order chi connectivity index (χ1) is 13.2. The number of likely N-dealkylation sites (tertiary alicyclic amines) is 1. The number of benzene rings is 1. The van der Waals surface area contributed by atoms with E-state index in [1.807, 2.05) is 51.1 Å². The van der Waals surface area contributed by atoms with E-state index >= 15 is 0 Å². The number of nitrogens with zero attached hydrogens (tertiary/aromatic N) is 5. The number of primary amides is 1. The first-order valence-corrected chi connectivity index (χ1v) is 9.30. The number of rotatable bonds is 4. The lowest BCUT2D eigenvalue weighted by molar-refractivity contribution is -0.118. The molecule has 9 nitrogen and oxygen atoms in total. The zero-order valence-corrected chi connectivity index (χ0v) is 16.5. The molecule has 28 heavy (non-hydrogen) atoms. The average Bonchev–Trinajstić information content (AvgIpc) is 3.09. The fourth-order valence-electron chi connectivity index (χ4n) is 3.60. The molecule has 2 aromatic rings. The zero-order valence-electron chi connectivity index (χ0n) is 16.5. The van der Waals surface area contributed by atoms with E-state index in [1.54, 1.807) is 4.90 Å². The lowest BCUT2D eigenvalue weighted by atomic mass is 9.72. The van der Waals surface area contributed by atoms with Crippen molar-refractivity contribution in [3.63, 3.8) is 0 Å². The van der Waals surface area contributed by atoms with Crippen molar-refractivity contribution < 1.29 is 14.3 Å². The molecule has 1 aliphatic rings. The van der Waals surface area contributed by atoms with Gasteiger partial charge < -0.3 is 15.4 Å². The molecule has 0 bridgehead atoms. The van der Waals surface area contributed by atoms with E-state index < -0.39 is 16.9 Å². The SMILES string of the molecule is CC(C)(C)OC(=O)N1CCC(c2ccccc2)(c2nnnn2CC(N)=O)CC1. The van der Waals surface area contributed by atoms with Crippen LogP contribution in [0.4, 0.5) is 4.79 Å². The van der Waals surface area contributed by atoms with Crippen molar-refractivity contribution >= 4 is 12.0 Å². The van der Waals surface area contributed by atoms with Crippen LogP contribution in [-0.4, -0.2) is 55.8 Å². The number of amides is 2. The number of hydrogen-bond donors (Lipinski definition) is 1. The Morgan fingerprint density at radius 3 is 2.39 bits per heavy atom. The summed E-state index contributed by atoms with van der Waals surface area (Å²) in [6, 6.07) is 9.90. The quantitative estimate of drug-likeness (QED) is 0.851. The molecule has 2 amide bonds. The second-order valence-electron chi connectivity index (χ2n) is 8.04. The van der Waals surface area contributed by atoms with E-state index in [4.69, 9.17) is 10.5 Å². The van der Waals surface area contributed by atoms with Crippen molar-refractivity contribution in [2.24, 2.45) is 5.73 Å². The molecule has 2 N–H and O–H groups in total. The number of piperidine rings is 1. The van der Waals surface area contributed by atoms with Gasteiger partial charge in [0.2, 0.25) is 5.91 Å². The van der Waals surface area contributed by atoms with Crippen LogP contribution < -0.4 is 5.73 Å². The number of hydrogen-bond acceptors (Lipinski definition) is 6. The Hall–Kier alpha value is -2.97. The minimum atomic E-state index is -0.545. The summed E-state index contributed by atoms with van der Waals surface area (Å²) in [5.41, 5.74) is 5.34. The Bertz CT molecular complexity index is 835. The predicted molar refractivity (Wildman–Crippen MR) is 101 cm³/mol. The van der Waals surface area contributed by atoms with E-state index in [2.05, 4.69) is 15.5 Å². The fraction of sp³-hybridized carbons (Fsp3) is 0.526. The number of ether oxygens (including phenoxy) is 1. The molecular formula is C19H26N6O3. The van der Waals surface area contributed by atoms with Gasteiger partial charge in [-0.05, 0) is 49.6 Å². The summed E-state index contributed by atoms with van der Waals surface area (Å²) in [6.45, 7) is 6.44. The summed E-state index contributed by atoms with van der Waals surface area (Å²) in [5, 5.41) is 12.0. The molecule has 150 valence electrons. The van der Waals surface area contributed by atoms with E-state index in [0.29, 0.717) is 31.8 Å². The second kappa shape index (κ2) is 7.57. The van der Waals surface area contributed by atoms with Gasteiger partial charge in [-0.3, -0.25) is 4.79 Å². The Morgan fingerprint density at radius 1 is 1.18 bits per heavy atom. The minimum absolute atomic E-state index is 0.0906. The molecular weight excluding hydrogens is 360 g/mol. The van der Waals surface area contributed by atoms with Crippen LogP contribution >= 0.6 is 0 Å². The van der Waals surface area contributed by atoms with Crippen molar-refractivity contribution in [2.75, 3.05) is 13.1 Å². The number of tetrazole rings is 1. The van der Waals surface area contributed by atoms with E-state index in [0.717, 1.165) is 5.56 Å². The summed E-state index contributed by atoms with van der Waals surface area (Å²) in [6.07, 6.45) is 0.885. The van der Waals surface area contributed by atoms with Gasteiger partial charge in [-0.2, -0.15) is 0 Å². The van der Waals surface area contributed by atoms with E-state index in [9.17, 15) is 9.59 Å². The van der Waals surface area contributed by atoms with Crippen LogP contribution in [0.1, 0.15) is 45.0 Å². The Balaban J connectivity index is 1.91. The summed E-state index contributed by atoms with van der Waals surface area (Å²) in [5.74, 6) is 0.0734. The Morgan fingerprint density at radius 2 is 1.82 bits per heavy atom. The van der Waals surface area contributed by atoms with Crippen LogP contribution in [0.15, 0.2) is 30.3 Å². The van der Waals surface area contributed by atoms with Crippen molar-refractivity contribution in [1.29, 1.82) is 0 Å². The average molecular weight is 386 g/mol. The minimum Gasteiger partial charge on any atom is -0.444 e. The highest BCUT2D eigenvalue weighted by Gasteiger charge is 2.43. The maximum atomic E-state index is 12.5.